The van der Waals surface area contributed by atoms with Crippen LogP contribution in [0.25, 0.3) is 0 Å². The van der Waals surface area contributed by atoms with E-state index in [0.717, 1.165) is 11.4 Å². The number of rotatable bonds is 4. The van der Waals surface area contributed by atoms with Gasteiger partial charge in [0.05, 0.1) is 17.9 Å². The van der Waals surface area contributed by atoms with E-state index in [9.17, 15) is 19.1 Å². The van der Waals surface area contributed by atoms with Gasteiger partial charge in [-0.1, -0.05) is 12.1 Å². The van der Waals surface area contributed by atoms with Crippen molar-refractivity contribution in [2.45, 2.75) is 26.3 Å². The summed E-state index contributed by atoms with van der Waals surface area (Å²) in [5.74, 6) is -2.69. The number of nitrogens with zero attached hydrogens (tertiary/aromatic N) is 3. The quantitative estimate of drug-likeness (QED) is 0.919. The molecule has 6 nitrogen and oxygen atoms in total. The Morgan fingerprint density at radius 3 is 2.68 bits per heavy atom. The monoisotopic (exact) mass is 345 g/mol. The Hall–Kier alpha value is -2.70. The predicted octanol–water partition coefficient (Wildman–Crippen LogP) is 1.97. The van der Waals surface area contributed by atoms with Crippen molar-refractivity contribution >= 4 is 11.9 Å². The molecule has 1 aromatic carbocycles. The Morgan fingerprint density at radius 2 is 2.08 bits per heavy atom. The lowest BCUT2D eigenvalue weighted by atomic mass is 9.89. The fourth-order valence-corrected chi connectivity index (χ4v) is 3.28. The zero-order chi connectivity index (χ0) is 18.1. The van der Waals surface area contributed by atoms with Gasteiger partial charge in [-0.05, 0) is 31.5 Å². The first kappa shape index (κ1) is 17.1. The van der Waals surface area contributed by atoms with Gasteiger partial charge in [0.25, 0.3) is 0 Å². The number of benzene rings is 1. The van der Waals surface area contributed by atoms with Crippen LogP contribution in [-0.4, -0.2) is 44.5 Å². The summed E-state index contributed by atoms with van der Waals surface area (Å²) >= 11 is 0. The molecule has 1 amide bonds. The third kappa shape index (κ3) is 3.40. The predicted molar refractivity (Wildman–Crippen MR) is 88.5 cm³/mol. The van der Waals surface area contributed by atoms with Crippen LogP contribution in [0.5, 0.6) is 0 Å². The van der Waals surface area contributed by atoms with Crippen LogP contribution in [0.1, 0.15) is 22.9 Å². The van der Waals surface area contributed by atoms with E-state index in [4.69, 9.17) is 0 Å². The van der Waals surface area contributed by atoms with Crippen molar-refractivity contribution in [2.75, 3.05) is 13.1 Å². The molecule has 0 unspecified atom stereocenters. The van der Waals surface area contributed by atoms with Gasteiger partial charge in [-0.3, -0.25) is 9.59 Å². The van der Waals surface area contributed by atoms with Gasteiger partial charge in [-0.2, -0.15) is 0 Å². The number of carbonyl (C=O) groups excluding carboxylic acids is 1. The number of hydrogen-bond acceptors (Lipinski definition) is 3. The lowest BCUT2D eigenvalue weighted by Crippen LogP contribution is -2.32. The molecule has 1 aliphatic rings. The summed E-state index contributed by atoms with van der Waals surface area (Å²) in [4.78, 5) is 29.9. The summed E-state index contributed by atoms with van der Waals surface area (Å²) < 4.78 is 15.3. The number of carboxylic acid groups (broad SMARTS) is 1. The van der Waals surface area contributed by atoms with E-state index >= 15 is 0 Å². The zero-order valence-corrected chi connectivity index (χ0v) is 14.1. The van der Waals surface area contributed by atoms with Gasteiger partial charge in [0.2, 0.25) is 5.91 Å². The number of amides is 1. The molecule has 1 saturated heterocycles. The van der Waals surface area contributed by atoms with Crippen molar-refractivity contribution in [1.82, 2.24) is 14.5 Å². The zero-order valence-electron chi connectivity index (χ0n) is 14.1. The summed E-state index contributed by atoms with van der Waals surface area (Å²) in [5.41, 5.74) is 2.37. The molecule has 0 aliphatic carbocycles. The van der Waals surface area contributed by atoms with Crippen molar-refractivity contribution in [3.63, 3.8) is 0 Å². The average molecular weight is 345 g/mol. The van der Waals surface area contributed by atoms with Crippen LogP contribution in [0, 0.1) is 25.6 Å². The SMILES string of the molecule is Cc1ncn(CC(=O)N2C[C@H](C(=O)O)[C@@H](c3cccc(F)c3)C2)c1C. The van der Waals surface area contributed by atoms with Crippen LogP contribution in [-0.2, 0) is 16.1 Å². The molecule has 2 heterocycles. The normalized spacial score (nSPS) is 20.0. The van der Waals surface area contributed by atoms with Gasteiger partial charge in [0.1, 0.15) is 12.4 Å². The van der Waals surface area contributed by atoms with Crippen molar-refractivity contribution in [2.24, 2.45) is 5.92 Å². The van der Waals surface area contributed by atoms with Gasteiger partial charge in [-0.15, -0.1) is 0 Å². The van der Waals surface area contributed by atoms with Gasteiger partial charge in [0, 0.05) is 24.7 Å². The summed E-state index contributed by atoms with van der Waals surface area (Å²) in [6.45, 7) is 4.27. The van der Waals surface area contributed by atoms with Crippen LogP contribution < -0.4 is 0 Å². The number of aromatic nitrogens is 2. The van der Waals surface area contributed by atoms with Crippen LogP contribution in [0.4, 0.5) is 4.39 Å². The second-order valence-electron chi connectivity index (χ2n) is 6.45. The number of carbonyl (C=O) groups is 2. The Balaban J connectivity index is 1.78. The maximum atomic E-state index is 13.5. The molecule has 1 N–H and O–H groups in total. The number of likely N-dealkylation sites (tertiary alicyclic amines) is 1. The first-order valence-electron chi connectivity index (χ1n) is 8.11. The molecule has 0 radical (unpaired) electrons. The highest BCUT2D eigenvalue weighted by molar-refractivity contribution is 5.79. The van der Waals surface area contributed by atoms with Gasteiger partial charge < -0.3 is 14.6 Å². The molecule has 7 heteroatoms. The number of carboxylic acids is 1. The summed E-state index contributed by atoms with van der Waals surface area (Å²) in [6, 6.07) is 5.94. The van der Waals surface area contributed by atoms with Crippen molar-refractivity contribution in [3.8, 4) is 0 Å². The van der Waals surface area contributed by atoms with E-state index in [1.165, 1.54) is 12.1 Å². The van der Waals surface area contributed by atoms with E-state index in [0.29, 0.717) is 5.56 Å². The standard InChI is InChI=1S/C18H20FN3O3/c1-11-12(2)22(10-20-11)9-17(23)21-7-15(16(8-21)18(24)25)13-4-3-5-14(19)6-13/h3-6,10,15-16H,7-9H2,1-2H3,(H,24,25)/t15-,16+/m1/s1. The largest absolute Gasteiger partial charge is 0.481 e. The third-order valence-electron chi connectivity index (χ3n) is 4.92. The molecule has 0 saturated carbocycles. The summed E-state index contributed by atoms with van der Waals surface area (Å²) in [7, 11) is 0. The van der Waals surface area contributed by atoms with E-state index in [-0.39, 0.29) is 25.5 Å². The molecule has 25 heavy (non-hydrogen) atoms. The van der Waals surface area contributed by atoms with Crippen LogP contribution in [0.2, 0.25) is 0 Å². The summed E-state index contributed by atoms with van der Waals surface area (Å²) in [6.07, 6.45) is 1.61. The molecular weight excluding hydrogens is 325 g/mol. The van der Waals surface area contributed by atoms with Gasteiger partial charge in [0.15, 0.2) is 0 Å². The first-order chi connectivity index (χ1) is 11.9. The minimum absolute atomic E-state index is 0.120. The first-order valence-corrected chi connectivity index (χ1v) is 8.11. The highest BCUT2D eigenvalue weighted by Crippen LogP contribution is 2.33. The second-order valence-corrected chi connectivity index (χ2v) is 6.45. The Morgan fingerprint density at radius 1 is 1.32 bits per heavy atom. The molecule has 2 atom stereocenters. The number of aliphatic carboxylic acids is 1. The lowest BCUT2D eigenvalue weighted by Gasteiger charge is -2.17. The van der Waals surface area contributed by atoms with Crippen LogP contribution in [0.3, 0.4) is 0 Å². The number of imidazole rings is 1. The molecule has 1 aromatic heterocycles. The molecule has 2 aromatic rings. The van der Waals surface area contributed by atoms with Gasteiger partial charge in [-0.25, -0.2) is 9.37 Å². The topological polar surface area (TPSA) is 75.4 Å². The molecule has 0 spiro atoms. The fraction of sp³-hybridized carbons (Fsp3) is 0.389. The fourth-order valence-electron chi connectivity index (χ4n) is 3.28. The number of halogens is 1. The second kappa shape index (κ2) is 6.66. The van der Waals surface area contributed by atoms with E-state index < -0.39 is 23.6 Å². The minimum Gasteiger partial charge on any atom is -0.481 e. The number of aryl methyl sites for hydroxylation is 1. The maximum absolute atomic E-state index is 13.5. The van der Waals surface area contributed by atoms with Crippen molar-refractivity contribution in [1.29, 1.82) is 0 Å². The summed E-state index contributed by atoms with van der Waals surface area (Å²) in [5, 5.41) is 9.50. The van der Waals surface area contributed by atoms with E-state index in [1.54, 1.807) is 27.9 Å². The average Bonchev–Trinajstić information content (AvgIpc) is 3.14. The highest BCUT2D eigenvalue weighted by Gasteiger charge is 2.40. The number of hydrogen-bond donors (Lipinski definition) is 1. The maximum Gasteiger partial charge on any atom is 0.308 e. The molecule has 3 rings (SSSR count). The van der Waals surface area contributed by atoms with Gasteiger partial charge >= 0.3 is 5.97 Å². The Bertz CT molecular complexity index is 818. The van der Waals surface area contributed by atoms with E-state index in [1.807, 2.05) is 13.8 Å². The Kier molecular flexibility index (Phi) is 4.57. The third-order valence-corrected chi connectivity index (χ3v) is 4.92. The van der Waals surface area contributed by atoms with E-state index in [2.05, 4.69) is 4.98 Å². The van der Waals surface area contributed by atoms with Crippen molar-refractivity contribution in [3.05, 3.63) is 53.4 Å². The van der Waals surface area contributed by atoms with Crippen LogP contribution >= 0.6 is 0 Å². The molecular formula is C18H20FN3O3. The molecule has 132 valence electrons. The molecule has 1 fully saturated rings. The highest BCUT2D eigenvalue weighted by atomic mass is 19.1. The Labute approximate surface area is 144 Å². The smallest absolute Gasteiger partial charge is 0.308 e. The van der Waals surface area contributed by atoms with Crippen molar-refractivity contribution < 1.29 is 19.1 Å². The molecule has 1 aliphatic heterocycles. The molecule has 0 bridgehead atoms. The minimum atomic E-state index is -0.973. The van der Waals surface area contributed by atoms with Crippen LogP contribution in [0.15, 0.2) is 30.6 Å². The lowest BCUT2D eigenvalue weighted by molar-refractivity contribution is -0.141.